The molecule has 0 bridgehead atoms. The van der Waals surface area contributed by atoms with Gasteiger partial charge in [-0.2, -0.15) is 0 Å². The van der Waals surface area contributed by atoms with Crippen LogP contribution < -0.4 is 5.32 Å². The first kappa shape index (κ1) is 13.7. The van der Waals surface area contributed by atoms with E-state index in [9.17, 15) is 0 Å². The van der Waals surface area contributed by atoms with E-state index in [-0.39, 0.29) is 0 Å². The smallest absolute Gasteiger partial charge is 0.0438 e. The summed E-state index contributed by atoms with van der Waals surface area (Å²) in [5.74, 6) is 0.537. The zero-order valence-corrected chi connectivity index (χ0v) is 12.7. The molecule has 1 N–H and O–H groups in total. The molecule has 1 aliphatic rings. The van der Waals surface area contributed by atoms with E-state index in [0.29, 0.717) is 12.0 Å². The Morgan fingerprint density at radius 2 is 2.00 bits per heavy atom. The highest BCUT2D eigenvalue weighted by molar-refractivity contribution is 6.31. The van der Waals surface area contributed by atoms with E-state index in [0.717, 1.165) is 10.6 Å². The average Bonchev–Trinajstić information content (AvgIpc) is 2.88. The summed E-state index contributed by atoms with van der Waals surface area (Å²) < 4.78 is 0. The van der Waals surface area contributed by atoms with Crippen molar-refractivity contribution in [2.24, 2.45) is 0 Å². The van der Waals surface area contributed by atoms with Crippen LogP contribution in [0.5, 0.6) is 0 Å². The van der Waals surface area contributed by atoms with E-state index in [2.05, 4.69) is 47.8 Å². The highest BCUT2D eigenvalue weighted by atomic mass is 35.5. The van der Waals surface area contributed by atoms with Gasteiger partial charge >= 0.3 is 0 Å². The molecule has 104 valence electrons. The summed E-state index contributed by atoms with van der Waals surface area (Å²) in [7, 11) is 2.04. The number of fused-ring (bicyclic) bond motifs is 1. The van der Waals surface area contributed by atoms with Crippen molar-refractivity contribution in [3.8, 4) is 0 Å². The van der Waals surface area contributed by atoms with Crippen molar-refractivity contribution >= 4 is 11.6 Å². The molecule has 1 nitrogen and oxygen atoms in total. The molecule has 0 fully saturated rings. The highest BCUT2D eigenvalue weighted by Crippen LogP contribution is 2.41. The number of hydrogen-bond acceptors (Lipinski definition) is 1. The van der Waals surface area contributed by atoms with Crippen molar-refractivity contribution in [3.05, 3.63) is 69.7 Å². The molecule has 20 heavy (non-hydrogen) atoms. The second-order valence-electron chi connectivity index (χ2n) is 5.62. The number of halogens is 1. The first-order valence-corrected chi connectivity index (χ1v) is 7.59. The zero-order valence-electron chi connectivity index (χ0n) is 12.0. The van der Waals surface area contributed by atoms with Crippen molar-refractivity contribution < 1.29 is 0 Å². The summed E-state index contributed by atoms with van der Waals surface area (Å²) >= 11 is 6.29. The van der Waals surface area contributed by atoms with E-state index in [4.69, 9.17) is 11.6 Å². The number of nitrogens with one attached hydrogen (secondary N) is 1. The molecule has 0 saturated carbocycles. The van der Waals surface area contributed by atoms with Crippen LogP contribution in [0.25, 0.3) is 0 Å². The van der Waals surface area contributed by atoms with Crippen molar-refractivity contribution in [2.75, 3.05) is 7.05 Å². The summed E-state index contributed by atoms with van der Waals surface area (Å²) in [6.07, 6.45) is 2.38. The molecular weight excluding hydrogens is 266 g/mol. The number of aryl methyl sites for hydroxylation is 2. The summed E-state index contributed by atoms with van der Waals surface area (Å²) in [4.78, 5) is 0. The van der Waals surface area contributed by atoms with Crippen molar-refractivity contribution in [1.29, 1.82) is 0 Å². The van der Waals surface area contributed by atoms with Crippen LogP contribution in [0.3, 0.4) is 0 Å². The Morgan fingerprint density at radius 3 is 2.75 bits per heavy atom. The molecule has 2 aromatic rings. The third kappa shape index (κ3) is 2.36. The average molecular weight is 286 g/mol. The normalized spacial score (nSPS) is 18.9. The molecule has 0 heterocycles. The first-order chi connectivity index (χ1) is 9.70. The van der Waals surface area contributed by atoms with Gasteiger partial charge in [-0.25, -0.2) is 0 Å². The minimum Gasteiger partial charge on any atom is -0.312 e. The Hall–Kier alpha value is -1.31. The van der Waals surface area contributed by atoms with Crippen LogP contribution in [0.2, 0.25) is 5.02 Å². The predicted molar refractivity (Wildman–Crippen MR) is 85.5 cm³/mol. The van der Waals surface area contributed by atoms with Gasteiger partial charge < -0.3 is 5.32 Å². The van der Waals surface area contributed by atoms with E-state index in [1.807, 2.05) is 14.0 Å². The van der Waals surface area contributed by atoms with Crippen LogP contribution >= 0.6 is 11.6 Å². The monoisotopic (exact) mass is 285 g/mol. The summed E-state index contributed by atoms with van der Waals surface area (Å²) in [5.41, 5.74) is 5.40. The van der Waals surface area contributed by atoms with Crippen LogP contribution in [-0.2, 0) is 6.42 Å². The molecule has 0 aliphatic heterocycles. The molecule has 0 saturated heterocycles. The molecule has 2 atom stereocenters. The standard InChI is InChI=1S/C18H20ClN/c1-12-7-8-14(11-17(12)19)18(20-2)16-10-9-13-5-3-4-6-15(13)16/h3-8,11,16,18,20H,9-10H2,1-2H3. The van der Waals surface area contributed by atoms with E-state index in [1.165, 1.54) is 29.5 Å². The second kappa shape index (κ2) is 5.59. The Labute approximate surface area is 126 Å². The largest absolute Gasteiger partial charge is 0.312 e. The molecular formula is C18H20ClN. The molecule has 3 rings (SSSR count). The molecule has 2 unspecified atom stereocenters. The van der Waals surface area contributed by atoms with Gasteiger partial charge in [-0.3, -0.25) is 0 Å². The molecule has 0 spiro atoms. The molecule has 0 amide bonds. The van der Waals surface area contributed by atoms with Gasteiger partial charge in [0.15, 0.2) is 0 Å². The minimum absolute atomic E-state index is 0.330. The van der Waals surface area contributed by atoms with Gasteiger partial charge in [-0.05, 0) is 55.1 Å². The molecule has 2 aromatic carbocycles. The van der Waals surface area contributed by atoms with Gasteiger partial charge in [0.2, 0.25) is 0 Å². The number of benzene rings is 2. The van der Waals surface area contributed by atoms with Gasteiger partial charge in [0.25, 0.3) is 0 Å². The van der Waals surface area contributed by atoms with E-state index in [1.54, 1.807) is 0 Å². The number of hydrogen-bond donors (Lipinski definition) is 1. The van der Waals surface area contributed by atoms with Gasteiger partial charge in [0.1, 0.15) is 0 Å². The van der Waals surface area contributed by atoms with Crippen LogP contribution in [0.1, 0.15) is 40.6 Å². The fraction of sp³-hybridized carbons (Fsp3) is 0.333. The second-order valence-corrected chi connectivity index (χ2v) is 6.03. The third-order valence-corrected chi connectivity index (χ3v) is 4.85. The summed E-state index contributed by atoms with van der Waals surface area (Å²) in [6, 6.07) is 15.6. The lowest BCUT2D eigenvalue weighted by Gasteiger charge is -2.25. The lowest BCUT2D eigenvalue weighted by atomic mass is 9.88. The van der Waals surface area contributed by atoms with E-state index >= 15 is 0 Å². The highest BCUT2D eigenvalue weighted by Gasteiger charge is 2.29. The minimum atomic E-state index is 0.330. The fourth-order valence-corrected chi connectivity index (χ4v) is 3.53. The summed E-state index contributed by atoms with van der Waals surface area (Å²) in [5, 5.41) is 4.34. The van der Waals surface area contributed by atoms with Gasteiger partial charge in [0, 0.05) is 17.0 Å². The maximum Gasteiger partial charge on any atom is 0.0438 e. The lowest BCUT2D eigenvalue weighted by molar-refractivity contribution is 0.477. The van der Waals surface area contributed by atoms with Gasteiger partial charge in [-0.15, -0.1) is 0 Å². The van der Waals surface area contributed by atoms with Crippen molar-refractivity contribution in [1.82, 2.24) is 5.32 Å². The Bertz CT molecular complexity index is 621. The van der Waals surface area contributed by atoms with E-state index < -0.39 is 0 Å². The Kier molecular flexibility index (Phi) is 3.82. The molecule has 1 aliphatic carbocycles. The van der Waals surface area contributed by atoms with Crippen LogP contribution in [-0.4, -0.2) is 7.05 Å². The van der Waals surface area contributed by atoms with Gasteiger partial charge in [-0.1, -0.05) is 48.0 Å². The maximum absolute atomic E-state index is 6.29. The Morgan fingerprint density at radius 1 is 1.20 bits per heavy atom. The third-order valence-electron chi connectivity index (χ3n) is 4.45. The van der Waals surface area contributed by atoms with Crippen molar-refractivity contribution in [3.63, 3.8) is 0 Å². The Balaban J connectivity index is 1.97. The number of likely N-dealkylation sites (N-methyl/N-ethyl adjacent to an activating group) is 1. The summed E-state index contributed by atoms with van der Waals surface area (Å²) in [6.45, 7) is 2.05. The van der Waals surface area contributed by atoms with Crippen LogP contribution in [0.4, 0.5) is 0 Å². The molecule has 0 radical (unpaired) electrons. The SMILES string of the molecule is CNC(c1ccc(C)c(Cl)c1)C1CCc2ccccc21. The maximum atomic E-state index is 6.29. The number of rotatable bonds is 3. The predicted octanol–water partition coefficient (Wildman–Crippen LogP) is 4.64. The first-order valence-electron chi connectivity index (χ1n) is 7.22. The van der Waals surface area contributed by atoms with Gasteiger partial charge in [0.05, 0.1) is 0 Å². The fourth-order valence-electron chi connectivity index (χ4n) is 3.34. The van der Waals surface area contributed by atoms with Crippen LogP contribution in [0.15, 0.2) is 42.5 Å². The zero-order chi connectivity index (χ0) is 14.1. The lowest BCUT2D eigenvalue weighted by Crippen LogP contribution is -2.22. The quantitative estimate of drug-likeness (QED) is 0.866. The van der Waals surface area contributed by atoms with Crippen LogP contribution in [0, 0.1) is 6.92 Å². The molecule has 0 aromatic heterocycles. The topological polar surface area (TPSA) is 12.0 Å². The van der Waals surface area contributed by atoms with Crippen molar-refractivity contribution in [2.45, 2.75) is 31.7 Å². The molecule has 2 heteroatoms.